The molecule has 1 fully saturated rings. The normalized spacial score (nSPS) is 15.0. The van der Waals surface area contributed by atoms with Crippen molar-refractivity contribution < 1.29 is 4.79 Å². The van der Waals surface area contributed by atoms with E-state index in [4.69, 9.17) is 5.73 Å². The highest BCUT2D eigenvalue weighted by Crippen LogP contribution is 2.27. The number of hydrogen-bond donors (Lipinski definition) is 1. The monoisotopic (exact) mass is 282 g/mol. The fourth-order valence-electron chi connectivity index (χ4n) is 2.66. The van der Waals surface area contributed by atoms with Crippen LogP contribution in [0, 0.1) is 5.92 Å². The van der Waals surface area contributed by atoms with Crippen LogP contribution in [-0.4, -0.2) is 23.9 Å². The molecule has 4 heteroatoms. The van der Waals surface area contributed by atoms with Crippen LogP contribution in [0.5, 0.6) is 0 Å². The predicted molar refractivity (Wildman–Crippen MR) is 80.1 cm³/mol. The van der Waals surface area contributed by atoms with E-state index in [1.165, 1.54) is 18.4 Å². The quantitative estimate of drug-likeness (QED) is 0.902. The molecule has 0 aromatic heterocycles. The van der Waals surface area contributed by atoms with Crippen molar-refractivity contribution in [2.75, 3.05) is 13.1 Å². The lowest BCUT2D eigenvalue weighted by atomic mass is 10.1. The molecule has 0 saturated heterocycles. The summed E-state index contributed by atoms with van der Waals surface area (Å²) in [6, 6.07) is 10.1. The molecule has 1 aliphatic rings. The van der Waals surface area contributed by atoms with Crippen LogP contribution in [0.15, 0.2) is 30.3 Å². The molecule has 1 aromatic rings. The summed E-state index contributed by atoms with van der Waals surface area (Å²) < 4.78 is 0. The second kappa shape index (κ2) is 8.18. The van der Waals surface area contributed by atoms with Gasteiger partial charge >= 0.3 is 0 Å². The number of rotatable bonds is 5. The maximum atomic E-state index is 12.4. The minimum Gasteiger partial charge on any atom is -0.337 e. The number of carbonyl (C=O) groups excluding carboxylic acids is 1. The summed E-state index contributed by atoms with van der Waals surface area (Å²) in [6.45, 7) is 1.88. The Morgan fingerprint density at radius 3 is 2.42 bits per heavy atom. The molecular formula is C15H23ClN2O. The van der Waals surface area contributed by atoms with Gasteiger partial charge in [-0.1, -0.05) is 43.2 Å². The van der Waals surface area contributed by atoms with Crippen molar-refractivity contribution in [3.05, 3.63) is 35.9 Å². The zero-order valence-corrected chi connectivity index (χ0v) is 12.1. The number of nitrogens with two attached hydrogens (primary N) is 1. The highest BCUT2D eigenvalue weighted by atomic mass is 35.5. The first-order valence-corrected chi connectivity index (χ1v) is 6.84. The molecule has 2 N–H and O–H groups in total. The lowest BCUT2D eigenvalue weighted by molar-refractivity contribution is -0.135. The summed E-state index contributed by atoms with van der Waals surface area (Å²) in [7, 11) is 0. The Balaban J connectivity index is 0.00000180. The molecule has 0 unspecified atom stereocenters. The average molecular weight is 283 g/mol. The number of halogens is 1. The predicted octanol–water partition coefficient (Wildman–Crippen LogP) is 2.59. The first-order valence-electron chi connectivity index (χ1n) is 6.84. The van der Waals surface area contributed by atoms with Gasteiger partial charge in [0.05, 0.1) is 0 Å². The van der Waals surface area contributed by atoms with Gasteiger partial charge in [-0.25, -0.2) is 0 Å². The fourth-order valence-corrected chi connectivity index (χ4v) is 2.66. The van der Waals surface area contributed by atoms with Crippen molar-refractivity contribution in [1.29, 1.82) is 0 Å². The van der Waals surface area contributed by atoms with Crippen molar-refractivity contribution >= 4 is 18.3 Å². The molecule has 1 aliphatic carbocycles. The maximum absolute atomic E-state index is 12.4. The Morgan fingerprint density at radius 2 is 1.84 bits per heavy atom. The molecular weight excluding hydrogens is 260 g/mol. The van der Waals surface area contributed by atoms with Crippen LogP contribution >= 0.6 is 12.4 Å². The van der Waals surface area contributed by atoms with Gasteiger partial charge in [0.2, 0.25) is 5.91 Å². The Morgan fingerprint density at radius 1 is 1.21 bits per heavy atom. The van der Waals surface area contributed by atoms with E-state index in [0.29, 0.717) is 25.5 Å². The Kier molecular flexibility index (Phi) is 6.89. The number of nitrogens with zero attached hydrogens (tertiary/aromatic N) is 1. The molecule has 19 heavy (non-hydrogen) atoms. The van der Waals surface area contributed by atoms with E-state index in [0.717, 1.165) is 12.8 Å². The van der Waals surface area contributed by atoms with Crippen LogP contribution in [0.25, 0.3) is 0 Å². The zero-order chi connectivity index (χ0) is 12.8. The third kappa shape index (κ3) is 4.51. The molecule has 106 valence electrons. The Hall–Kier alpha value is -1.06. The van der Waals surface area contributed by atoms with Crippen molar-refractivity contribution in [2.24, 2.45) is 11.7 Å². The van der Waals surface area contributed by atoms with Crippen LogP contribution < -0.4 is 5.73 Å². The summed E-state index contributed by atoms with van der Waals surface area (Å²) in [4.78, 5) is 14.3. The Labute approximate surface area is 121 Å². The van der Waals surface area contributed by atoms with Crippen LogP contribution in [-0.2, 0) is 11.3 Å². The number of benzene rings is 1. The van der Waals surface area contributed by atoms with Gasteiger partial charge in [-0.3, -0.25) is 4.79 Å². The van der Waals surface area contributed by atoms with Gasteiger partial charge in [-0.05, 0) is 18.4 Å². The highest BCUT2D eigenvalue weighted by Gasteiger charge is 2.26. The largest absolute Gasteiger partial charge is 0.337 e. The highest BCUT2D eigenvalue weighted by molar-refractivity contribution is 5.85. The summed E-state index contributed by atoms with van der Waals surface area (Å²) in [6.07, 6.45) is 4.49. The molecule has 1 amide bonds. The molecule has 0 radical (unpaired) electrons. The number of hydrogen-bond acceptors (Lipinski definition) is 2. The third-order valence-electron chi connectivity index (χ3n) is 3.63. The molecule has 1 saturated carbocycles. The second-order valence-electron chi connectivity index (χ2n) is 5.02. The minimum atomic E-state index is 0. The van der Waals surface area contributed by atoms with Crippen molar-refractivity contribution in [1.82, 2.24) is 4.90 Å². The molecule has 0 heterocycles. The van der Waals surface area contributed by atoms with E-state index in [2.05, 4.69) is 12.1 Å². The molecule has 0 atom stereocenters. The Bertz CT molecular complexity index is 377. The lowest BCUT2D eigenvalue weighted by Crippen LogP contribution is -2.38. The summed E-state index contributed by atoms with van der Waals surface area (Å²) in [5.41, 5.74) is 6.80. The van der Waals surface area contributed by atoms with Gasteiger partial charge in [0, 0.05) is 25.6 Å². The van der Waals surface area contributed by atoms with Gasteiger partial charge in [-0.2, -0.15) is 0 Å². The van der Waals surface area contributed by atoms with E-state index < -0.39 is 0 Å². The topological polar surface area (TPSA) is 46.3 Å². The van der Waals surface area contributed by atoms with Crippen molar-refractivity contribution in [2.45, 2.75) is 32.2 Å². The second-order valence-corrected chi connectivity index (χ2v) is 5.02. The van der Waals surface area contributed by atoms with Gasteiger partial charge in [0.1, 0.15) is 0 Å². The summed E-state index contributed by atoms with van der Waals surface area (Å²) >= 11 is 0. The molecule has 0 spiro atoms. The minimum absolute atomic E-state index is 0. The smallest absolute Gasteiger partial charge is 0.226 e. The van der Waals surface area contributed by atoms with Gasteiger partial charge in [-0.15, -0.1) is 12.4 Å². The van der Waals surface area contributed by atoms with Gasteiger partial charge < -0.3 is 10.6 Å². The van der Waals surface area contributed by atoms with Crippen LogP contribution in [0.2, 0.25) is 0 Å². The van der Waals surface area contributed by atoms with Crippen LogP contribution in [0.3, 0.4) is 0 Å². The van der Waals surface area contributed by atoms with Gasteiger partial charge in [0.15, 0.2) is 0 Å². The van der Waals surface area contributed by atoms with E-state index >= 15 is 0 Å². The maximum Gasteiger partial charge on any atom is 0.226 e. The summed E-state index contributed by atoms with van der Waals surface area (Å²) in [5.74, 6) is 0.530. The lowest BCUT2D eigenvalue weighted by Gasteiger charge is -2.25. The SMILES string of the molecule is Cl.NCCN(Cc1ccccc1)C(=O)C1CCCC1. The molecule has 3 nitrogen and oxygen atoms in total. The zero-order valence-electron chi connectivity index (χ0n) is 11.3. The molecule has 0 aliphatic heterocycles. The first kappa shape index (κ1) is 16.0. The van der Waals surface area contributed by atoms with Crippen LogP contribution in [0.1, 0.15) is 31.2 Å². The van der Waals surface area contributed by atoms with E-state index in [1.54, 1.807) is 0 Å². The van der Waals surface area contributed by atoms with E-state index in [-0.39, 0.29) is 18.3 Å². The summed E-state index contributed by atoms with van der Waals surface area (Å²) in [5, 5.41) is 0. The molecule has 0 bridgehead atoms. The molecule has 2 rings (SSSR count). The average Bonchev–Trinajstić information content (AvgIpc) is 2.92. The van der Waals surface area contributed by atoms with Crippen molar-refractivity contribution in [3.8, 4) is 0 Å². The van der Waals surface area contributed by atoms with E-state index in [9.17, 15) is 4.79 Å². The first-order chi connectivity index (χ1) is 8.81. The standard InChI is InChI=1S/C15H22N2O.ClH/c16-10-11-17(12-13-6-2-1-3-7-13)15(18)14-8-4-5-9-14;/h1-3,6-7,14H,4-5,8-12,16H2;1H. The van der Waals surface area contributed by atoms with Crippen molar-refractivity contribution in [3.63, 3.8) is 0 Å². The van der Waals surface area contributed by atoms with Crippen LogP contribution in [0.4, 0.5) is 0 Å². The number of carbonyl (C=O) groups is 1. The van der Waals surface area contributed by atoms with Gasteiger partial charge in [0.25, 0.3) is 0 Å². The number of amides is 1. The molecule has 1 aromatic carbocycles. The fraction of sp³-hybridized carbons (Fsp3) is 0.533. The van der Waals surface area contributed by atoms with E-state index in [1.807, 2.05) is 23.1 Å². The third-order valence-corrected chi connectivity index (χ3v) is 3.63.